The van der Waals surface area contributed by atoms with Crippen molar-refractivity contribution in [2.45, 2.75) is 19.6 Å². The molecule has 1 atom stereocenters. The van der Waals surface area contributed by atoms with Crippen molar-refractivity contribution in [2.24, 2.45) is 0 Å². The van der Waals surface area contributed by atoms with E-state index in [9.17, 15) is 5.11 Å². The lowest BCUT2D eigenvalue weighted by Crippen LogP contribution is -2.11. The fourth-order valence-corrected chi connectivity index (χ4v) is 2.70. The maximum atomic E-state index is 9.24. The summed E-state index contributed by atoms with van der Waals surface area (Å²) in [5.41, 5.74) is 0.869. The van der Waals surface area contributed by atoms with E-state index in [4.69, 9.17) is 35.4 Å². The lowest BCUT2D eigenvalue weighted by molar-refractivity contribution is 0.263. The first-order valence-corrected chi connectivity index (χ1v) is 6.42. The number of rotatable bonds is 3. The van der Waals surface area contributed by atoms with Crippen LogP contribution in [0.25, 0.3) is 0 Å². The number of aliphatic hydroxyl groups excluding tert-OH is 1. The van der Waals surface area contributed by atoms with Crippen LogP contribution in [0.4, 0.5) is 0 Å². The largest absolute Gasteiger partial charge is 0.388 e. The molecular formula is C11H11Cl2N3OS. The van der Waals surface area contributed by atoms with Crippen molar-refractivity contribution in [3.8, 4) is 0 Å². The molecule has 0 saturated carbocycles. The van der Waals surface area contributed by atoms with E-state index in [0.29, 0.717) is 20.6 Å². The zero-order valence-electron chi connectivity index (χ0n) is 9.52. The van der Waals surface area contributed by atoms with Crippen molar-refractivity contribution in [3.05, 3.63) is 44.4 Å². The Balaban J connectivity index is 2.50. The number of hydrogen-bond donors (Lipinski definition) is 2. The van der Waals surface area contributed by atoms with E-state index in [1.165, 1.54) is 0 Å². The standard InChI is InChI=1S/C11H11Cl2N3OS/c1-6(8-3-2-7(12)4-9(8)13)16-10(5-17)14-15-11(16)18/h2-4,6,17H,5H2,1H3,(H,15,18). The van der Waals surface area contributed by atoms with Crippen molar-refractivity contribution >= 4 is 35.4 Å². The average Bonchev–Trinajstić information content (AvgIpc) is 2.69. The zero-order chi connectivity index (χ0) is 13.3. The Morgan fingerprint density at radius 1 is 1.50 bits per heavy atom. The third-order valence-corrected chi connectivity index (χ3v) is 3.57. The van der Waals surface area contributed by atoms with E-state index >= 15 is 0 Å². The SMILES string of the molecule is CC(c1ccc(Cl)cc1Cl)n1c(CO)n[nH]c1=S. The summed E-state index contributed by atoms with van der Waals surface area (Å²) in [6.45, 7) is 1.74. The number of halogens is 2. The molecular weight excluding hydrogens is 293 g/mol. The van der Waals surface area contributed by atoms with Crippen LogP contribution in [0, 0.1) is 4.77 Å². The summed E-state index contributed by atoms with van der Waals surface area (Å²) in [6.07, 6.45) is 0. The number of hydrogen-bond acceptors (Lipinski definition) is 3. The van der Waals surface area contributed by atoms with Gasteiger partial charge in [0.1, 0.15) is 6.61 Å². The molecule has 18 heavy (non-hydrogen) atoms. The minimum atomic E-state index is -0.192. The first kappa shape index (κ1) is 13.5. The van der Waals surface area contributed by atoms with Crippen molar-refractivity contribution < 1.29 is 5.11 Å². The lowest BCUT2D eigenvalue weighted by atomic mass is 10.1. The van der Waals surface area contributed by atoms with Crippen LogP contribution in [0.2, 0.25) is 10.0 Å². The van der Waals surface area contributed by atoms with Crippen LogP contribution in [0.3, 0.4) is 0 Å². The minimum absolute atomic E-state index is 0.136. The molecule has 0 spiro atoms. The van der Waals surface area contributed by atoms with Crippen LogP contribution >= 0.6 is 35.4 Å². The average molecular weight is 304 g/mol. The molecule has 0 bridgehead atoms. The molecule has 0 saturated heterocycles. The number of nitrogens with one attached hydrogen (secondary N) is 1. The van der Waals surface area contributed by atoms with Gasteiger partial charge in [-0.05, 0) is 36.8 Å². The molecule has 0 fully saturated rings. The molecule has 1 heterocycles. The van der Waals surface area contributed by atoms with Gasteiger partial charge in [0.05, 0.1) is 6.04 Å². The zero-order valence-corrected chi connectivity index (χ0v) is 11.9. The first-order chi connectivity index (χ1) is 8.54. The fraction of sp³-hybridized carbons (Fsp3) is 0.273. The number of H-pyrrole nitrogens is 1. The number of aliphatic hydroxyl groups is 1. The van der Waals surface area contributed by atoms with E-state index in [1.807, 2.05) is 13.0 Å². The Morgan fingerprint density at radius 3 is 2.83 bits per heavy atom. The molecule has 0 aliphatic carbocycles. The highest BCUT2D eigenvalue weighted by Crippen LogP contribution is 2.29. The number of aromatic amines is 1. The smallest absolute Gasteiger partial charge is 0.195 e. The Morgan fingerprint density at radius 2 is 2.22 bits per heavy atom. The monoisotopic (exact) mass is 303 g/mol. The number of aromatic nitrogens is 3. The normalized spacial score (nSPS) is 12.7. The summed E-state index contributed by atoms with van der Waals surface area (Å²) < 4.78 is 2.17. The van der Waals surface area contributed by atoms with Crippen LogP contribution in [0.15, 0.2) is 18.2 Å². The maximum Gasteiger partial charge on any atom is 0.195 e. The van der Waals surface area contributed by atoms with Gasteiger partial charge in [0, 0.05) is 10.0 Å². The van der Waals surface area contributed by atoms with Gasteiger partial charge in [-0.15, -0.1) is 0 Å². The van der Waals surface area contributed by atoms with E-state index in [-0.39, 0.29) is 12.6 Å². The predicted octanol–water partition coefficient (Wildman–Crippen LogP) is 3.35. The van der Waals surface area contributed by atoms with Gasteiger partial charge >= 0.3 is 0 Å². The van der Waals surface area contributed by atoms with E-state index in [2.05, 4.69) is 10.2 Å². The quantitative estimate of drug-likeness (QED) is 0.855. The van der Waals surface area contributed by atoms with E-state index in [1.54, 1.807) is 16.7 Å². The van der Waals surface area contributed by atoms with Gasteiger partial charge in [-0.2, -0.15) is 5.10 Å². The van der Waals surface area contributed by atoms with E-state index in [0.717, 1.165) is 5.56 Å². The maximum absolute atomic E-state index is 9.24. The summed E-state index contributed by atoms with van der Waals surface area (Å²) in [5.74, 6) is 0.471. The molecule has 1 unspecified atom stereocenters. The summed E-state index contributed by atoms with van der Waals surface area (Å²) in [7, 11) is 0. The summed E-state index contributed by atoms with van der Waals surface area (Å²) in [5, 5.41) is 17.0. The van der Waals surface area contributed by atoms with Crippen molar-refractivity contribution in [3.63, 3.8) is 0 Å². The van der Waals surface area contributed by atoms with Crippen molar-refractivity contribution in [1.29, 1.82) is 0 Å². The van der Waals surface area contributed by atoms with Gasteiger partial charge < -0.3 is 5.11 Å². The van der Waals surface area contributed by atoms with Gasteiger partial charge in [0.25, 0.3) is 0 Å². The molecule has 0 aliphatic rings. The van der Waals surface area contributed by atoms with Crippen LogP contribution in [-0.4, -0.2) is 19.9 Å². The summed E-state index contributed by atoms with van der Waals surface area (Å²) >= 11 is 17.2. The van der Waals surface area contributed by atoms with Crippen molar-refractivity contribution in [2.75, 3.05) is 0 Å². The van der Waals surface area contributed by atoms with E-state index < -0.39 is 0 Å². The molecule has 4 nitrogen and oxygen atoms in total. The van der Waals surface area contributed by atoms with Gasteiger partial charge in [-0.3, -0.25) is 9.67 Å². The molecule has 7 heteroatoms. The topological polar surface area (TPSA) is 53.8 Å². The Hall–Kier alpha value is -0.880. The minimum Gasteiger partial charge on any atom is -0.388 e. The number of nitrogens with zero attached hydrogens (tertiary/aromatic N) is 2. The third-order valence-electron chi connectivity index (χ3n) is 2.72. The first-order valence-electron chi connectivity index (χ1n) is 5.26. The van der Waals surface area contributed by atoms with Gasteiger partial charge in [-0.25, -0.2) is 0 Å². The van der Waals surface area contributed by atoms with Crippen molar-refractivity contribution in [1.82, 2.24) is 14.8 Å². The fourth-order valence-electron chi connectivity index (χ4n) is 1.83. The second kappa shape index (κ2) is 5.40. The second-order valence-electron chi connectivity index (χ2n) is 3.81. The molecule has 0 aliphatic heterocycles. The van der Waals surface area contributed by atoms with Gasteiger partial charge in [0.2, 0.25) is 0 Å². The van der Waals surface area contributed by atoms with Crippen LogP contribution < -0.4 is 0 Å². The molecule has 1 aromatic heterocycles. The van der Waals surface area contributed by atoms with Gasteiger partial charge in [-0.1, -0.05) is 29.3 Å². The predicted molar refractivity (Wildman–Crippen MR) is 73.6 cm³/mol. The highest BCUT2D eigenvalue weighted by atomic mass is 35.5. The van der Waals surface area contributed by atoms with Crippen LogP contribution in [0.5, 0.6) is 0 Å². The molecule has 2 aromatic rings. The Labute approximate surface area is 119 Å². The molecule has 96 valence electrons. The molecule has 1 aromatic carbocycles. The van der Waals surface area contributed by atoms with Crippen LogP contribution in [-0.2, 0) is 6.61 Å². The van der Waals surface area contributed by atoms with Gasteiger partial charge in [0.15, 0.2) is 10.6 Å². The molecule has 2 rings (SSSR count). The molecule has 0 radical (unpaired) electrons. The summed E-state index contributed by atoms with van der Waals surface area (Å²) in [4.78, 5) is 0. The molecule has 0 amide bonds. The second-order valence-corrected chi connectivity index (χ2v) is 5.05. The summed E-state index contributed by atoms with van der Waals surface area (Å²) in [6, 6.07) is 5.15. The van der Waals surface area contributed by atoms with Crippen LogP contribution in [0.1, 0.15) is 24.4 Å². The Kier molecular flexibility index (Phi) is 4.07. The number of benzene rings is 1. The Bertz CT molecular complexity index is 623. The highest BCUT2D eigenvalue weighted by molar-refractivity contribution is 7.71. The third kappa shape index (κ3) is 2.44. The lowest BCUT2D eigenvalue weighted by Gasteiger charge is -2.16. The molecule has 2 N–H and O–H groups in total. The highest BCUT2D eigenvalue weighted by Gasteiger charge is 2.16.